The van der Waals surface area contributed by atoms with Crippen LogP contribution in [0, 0.1) is 22.7 Å². The molecule has 1 heterocycles. The topological polar surface area (TPSA) is 34.0 Å². The van der Waals surface area contributed by atoms with Crippen molar-refractivity contribution in [3.63, 3.8) is 0 Å². The summed E-state index contributed by atoms with van der Waals surface area (Å²) in [5.41, 5.74) is 0.608. The van der Waals surface area contributed by atoms with Crippen LogP contribution in [0.2, 0.25) is 0 Å². The van der Waals surface area contributed by atoms with E-state index in [0.717, 1.165) is 6.42 Å². The largest absolute Gasteiger partial charge is 0.357 e. The zero-order valence-electron chi connectivity index (χ0n) is 22.5. The zero-order valence-corrected chi connectivity index (χ0v) is 22.5. The molecule has 3 unspecified atom stereocenters. The number of aryl methyl sites for hydroxylation is 1. The maximum absolute atomic E-state index is 13.9. The van der Waals surface area contributed by atoms with E-state index in [0.29, 0.717) is 11.8 Å². The Morgan fingerprint density at radius 1 is 0.914 bits per heavy atom. The summed E-state index contributed by atoms with van der Waals surface area (Å²) in [6, 6.07) is 2.25. The van der Waals surface area contributed by atoms with Gasteiger partial charge < -0.3 is 9.88 Å². The molecular weight excluding hydrogens is 428 g/mol. The van der Waals surface area contributed by atoms with Crippen LogP contribution in [0.25, 0.3) is 0 Å². The fraction of sp³-hybridized carbons (Fsp3) is 0.656. The van der Waals surface area contributed by atoms with Crippen molar-refractivity contribution >= 4 is 5.91 Å². The van der Waals surface area contributed by atoms with E-state index in [1.54, 1.807) is 0 Å². The number of carbonyl (C=O) groups is 1. The van der Waals surface area contributed by atoms with E-state index in [9.17, 15) is 4.79 Å². The number of hydrogen-bond donors (Lipinski definition) is 1. The Balaban J connectivity index is 1.52. The van der Waals surface area contributed by atoms with Crippen LogP contribution in [-0.2, 0) is 11.8 Å². The zero-order chi connectivity index (χ0) is 24.7. The predicted molar refractivity (Wildman–Crippen MR) is 147 cm³/mol. The van der Waals surface area contributed by atoms with Crippen LogP contribution in [0.5, 0.6) is 0 Å². The number of aromatic nitrogens is 1. The minimum atomic E-state index is -0.644. The molecule has 192 valence electrons. The molecular formula is C32H48N2O. The smallest absolute Gasteiger partial charge is 0.234 e. The van der Waals surface area contributed by atoms with E-state index >= 15 is 0 Å². The van der Waals surface area contributed by atoms with Gasteiger partial charge in [-0.25, -0.2) is 0 Å². The molecule has 0 saturated heterocycles. The monoisotopic (exact) mass is 476 g/mol. The average Bonchev–Trinajstić information content (AvgIpc) is 3.27. The van der Waals surface area contributed by atoms with Crippen LogP contribution in [0.15, 0.2) is 54.9 Å². The number of amides is 1. The van der Waals surface area contributed by atoms with Crippen molar-refractivity contribution in [1.82, 2.24) is 9.88 Å². The summed E-state index contributed by atoms with van der Waals surface area (Å²) in [4.78, 5) is 13.9. The first kappa shape index (κ1) is 26.0. The van der Waals surface area contributed by atoms with Gasteiger partial charge in [0, 0.05) is 24.9 Å². The summed E-state index contributed by atoms with van der Waals surface area (Å²) in [6.45, 7) is 4.43. The number of carbonyl (C=O) groups excluding carboxylic acids is 1. The highest BCUT2D eigenvalue weighted by Gasteiger charge is 2.35. The maximum atomic E-state index is 13.9. The molecule has 35 heavy (non-hydrogen) atoms. The second-order valence-electron chi connectivity index (χ2n) is 12.1. The van der Waals surface area contributed by atoms with Gasteiger partial charge in [-0.15, -0.1) is 0 Å². The van der Waals surface area contributed by atoms with E-state index in [1.807, 2.05) is 0 Å². The highest BCUT2D eigenvalue weighted by Crippen LogP contribution is 2.42. The van der Waals surface area contributed by atoms with Crippen molar-refractivity contribution in [1.29, 1.82) is 0 Å². The lowest BCUT2D eigenvalue weighted by Crippen LogP contribution is -2.40. The Morgan fingerprint density at radius 2 is 1.54 bits per heavy atom. The molecule has 1 aromatic heterocycles. The number of rotatable bonds is 6. The third-order valence-electron chi connectivity index (χ3n) is 9.13. The van der Waals surface area contributed by atoms with Gasteiger partial charge in [-0.2, -0.15) is 0 Å². The lowest BCUT2D eigenvalue weighted by molar-refractivity contribution is -0.126. The van der Waals surface area contributed by atoms with E-state index in [2.05, 4.69) is 85.7 Å². The SMILES string of the molecule is Cn1ccc(C(CC2CCCCCCC2)NC(=O)C2(C)/C=C\C=C/C(C)(C3CCCCC3)/C=C\2)c1. The van der Waals surface area contributed by atoms with Crippen LogP contribution in [0.3, 0.4) is 0 Å². The maximum Gasteiger partial charge on any atom is 0.234 e. The van der Waals surface area contributed by atoms with Gasteiger partial charge in [0.2, 0.25) is 5.91 Å². The number of hydrogen-bond acceptors (Lipinski definition) is 1. The van der Waals surface area contributed by atoms with Crippen LogP contribution in [-0.4, -0.2) is 10.5 Å². The van der Waals surface area contributed by atoms with E-state index in [-0.39, 0.29) is 17.4 Å². The second kappa shape index (κ2) is 11.8. The lowest BCUT2D eigenvalue weighted by Gasteiger charge is -2.37. The molecule has 4 rings (SSSR count). The first-order chi connectivity index (χ1) is 16.9. The molecule has 0 radical (unpaired) electrons. The lowest BCUT2D eigenvalue weighted by atomic mass is 9.68. The Morgan fingerprint density at radius 3 is 2.23 bits per heavy atom. The van der Waals surface area contributed by atoms with Gasteiger partial charge in [0.1, 0.15) is 0 Å². The minimum absolute atomic E-state index is 0.0183. The summed E-state index contributed by atoms with van der Waals surface area (Å²) in [5, 5.41) is 3.52. The van der Waals surface area contributed by atoms with Gasteiger partial charge >= 0.3 is 0 Å². The van der Waals surface area contributed by atoms with Crippen molar-refractivity contribution < 1.29 is 4.79 Å². The highest BCUT2D eigenvalue weighted by atomic mass is 16.2. The third kappa shape index (κ3) is 6.80. The number of nitrogens with zero attached hydrogens (tertiary/aromatic N) is 1. The van der Waals surface area contributed by atoms with Gasteiger partial charge in [0.05, 0.1) is 11.5 Å². The molecule has 3 heteroatoms. The molecule has 0 aliphatic heterocycles. The van der Waals surface area contributed by atoms with Gasteiger partial charge in [-0.3, -0.25) is 4.79 Å². The Bertz CT molecular complexity index is 910. The average molecular weight is 477 g/mol. The van der Waals surface area contributed by atoms with Gasteiger partial charge in [0.15, 0.2) is 0 Å². The second-order valence-corrected chi connectivity index (χ2v) is 12.1. The molecule has 1 amide bonds. The molecule has 1 N–H and O–H groups in total. The summed E-state index contributed by atoms with van der Waals surface area (Å²) in [6.07, 6.45) is 34.5. The Labute approximate surface area is 214 Å². The van der Waals surface area contributed by atoms with Crippen LogP contribution in [0.1, 0.15) is 109 Å². The normalized spacial score (nSPS) is 32.4. The van der Waals surface area contributed by atoms with E-state index in [4.69, 9.17) is 0 Å². The third-order valence-corrected chi connectivity index (χ3v) is 9.13. The number of nitrogens with one attached hydrogen (secondary N) is 1. The fourth-order valence-corrected chi connectivity index (χ4v) is 6.56. The van der Waals surface area contributed by atoms with Crippen LogP contribution >= 0.6 is 0 Å². The molecule has 2 saturated carbocycles. The summed E-state index contributed by atoms with van der Waals surface area (Å²) < 4.78 is 2.10. The molecule has 3 nitrogen and oxygen atoms in total. The molecule has 2 fully saturated rings. The van der Waals surface area contributed by atoms with Crippen molar-refractivity contribution in [2.45, 2.75) is 103 Å². The van der Waals surface area contributed by atoms with Gasteiger partial charge in [-0.1, -0.05) is 108 Å². The Hall–Kier alpha value is -2.03. The molecule has 0 aromatic carbocycles. The first-order valence-electron chi connectivity index (χ1n) is 14.4. The van der Waals surface area contributed by atoms with E-state index < -0.39 is 5.41 Å². The summed E-state index contributed by atoms with van der Waals surface area (Å²) in [5.74, 6) is 1.47. The number of allylic oxidation sites excluding steroid dienone is 4. The summed E-state index contributed by atoms with van der Waals surface area (Å²) >= 11 is 0. The quantitative estimate of drug-likeness (QED) is 0.412. The Kier molecular flexibility index (Phi) is 8.78. The van der Waals surface area contributed by atoms with Crippen molar-refractivity contribution in [2.75, 3.05) is 0 Å². The molecule has 3 atom stereocenters. The highest BCUT2D eigenvalue weighted by molar-refractivity contribution is 5.86. The first-order valence-corrected chi connectivity index (χ1v) is 14.4. The molecule has 1 aromatic rings. The molecule has 3 aliphatic rings. The van der Waals surface area contributed by atoms with Crippen LogP contribution < -0.4 is 5.32 Å². The minimum Gasteiger partial charge on any atom is -0.357 e. The standard InChI is InChI=1S/C32H48N2O/c1-31(28-16-10-7-11-17-28)19-12-13-20-32(2,22-21-31)30(35)33-29(27-18-23-34(3)25-27)24-26-14-8-5-4-6-9-15-26/h12-13,18-23,25-26,28-29H,4-11,14-17,24H2,1-3H3,(H,33,35)/b19-12-,20-13-,22-21-. The molecule has 0 bridgehead atoms. The van der Waals surface area contributed by atoms with Crippen molar-refractivity contribution in [2.24, 2.45) is 29.7 Å². The van der Waals surface area contributed by atoms with Crippen molar-refractivity contribution in [3.8, 4) is 0 Å². The molecule has 3 aliphatic carbocycles. The van der Waals surface area contributed by atoms with E-state index in [1.165, 1.54) is 82.6 Å². The van der Waals surface area contributed by atoms with Crippen LogP contribution in [0.4, 0.5) is 0 Å². The van der Waals surface area contributed by atoms with Crippen molar-refractivity contribution in [3.05, 3.63) is 60.5 Å². The fourth-order valence-electron chi connectivity index (χ4n) is 6.56. The summed E-state index contributed by atoms with van der Waals surface area (Å²) in [7, 11) is 2.07. The predicted octanol–water partition coefficient (Wildman–Crippen LogP) is 8.21. The van der Waals surface area contributed by atoms with Gasteiger partial charge in [0.25, 0.3) is 0 Å². The molecule has 0 spiro atoms. The van der Waals surface area contributed by atoms with Gasteiger partial charge in [-0.05, 0) is 49.7 Å².